The lowest BCUT2D eigenvalue weighted by Crippen LogP contribution is -2.50. The molecule has 28 heavy (non-hydrogen) atoms. The van der Waals surface area contributed by atoms with Crippen LogP contribution in [0, 0.1) is 6.92 Å². The summed E-state index contributed by atoms with van der Waals surface area (Å²) in [7, 11) is 1.06. The summed E-state index contributed by atoms with van der Waals surface area (Å²) in [6.07, 6.45) is 8.24. The lowest BCUT2D eigenvalue weighted by Gasteiger charge is -2.31. The first-order chi connectivity index (χ1) is 13.7. The Kier molecular flexibility index (Phi) is 4.47. The van der Waals surface area contributed by atoms with Gasteiger partial charge in [0.2, 0.25) is 5.69 Å². The van der Waals surface area contributed by atoms with E-state index in [4.69, 9.17) is 0 Å². The number of hydrogen-bond acceptors (Lipinski definition) is 0. The fourth-order valence-corrected chi connectivity index (χ4v) is 11.1. The first-order valence-corrected chi connectivity index (χ1v) is 13.5. The van der Waals surface area contributed by atoms with Gasteiger partial charge in [0.1, 0.15) is 7.05 Å². The second-order valence-corrected chi connectivity index (χ2v) is 13.5. The van der Waals surface area contributed by atoms with Gasteiger partial charge >= 0.3 is 0 Å². The molecule has 2 aliphatic heterocycles. The molecule has 3 aromatic rings. The van der Waals surface area contributed by atoms with E-state index in [0.29, 0.717) is 0 Å². The molecule has 1 nitrogen and oxygen atoms in total. The van der Waals surface area contributed by atoms with E-state index in [1.165, 1.54) is 71.8 Å². The fraction of sp³-hybridized carbons (Fsp3) is 0.346. The van der Waals surface area contributed by atoms with Gasteiger partial charge in [0.05, 0.1) is 8.07 Å². The Morgan fingerprint density at radius 3 is 2.39 bits per heavy atom. The minimum absolute atomic E-state index is 1.19. The van der Waals surface area contributed by atoms with Crippen molar-refractivity contribution in [2.45, 2.75) is 50.7 Å². The molecule has 0 atom stereocenters. The number of hydrogen-bond donors (Lipinski definition) is 0. The van der Waals surface area contributed by atoms with Gasteiger partial charge in [0.25, 0.3) is 0 Å². The van der Waals surface area contributed by atoms with Crippen molar-refractivity contribution in [3.05, 3.63) is 71.9 Å². The van der Waals surface area contributed by atoms with E-state index in [-0.39, 0.29) is 0 Å². The zero-order valence-electron chi connectivity index (χ0n) is 17.2. The summed E-state index contributed by atoms with van der Waals surface area (Å²) in [4.78, 5) is 0. The van der Waals surface area contributed by atoms with Gasteiger partial charge in [-0.1, -0.05) is 73.8 Å². The molecule has 0 N–H and O–H groups in total. The minimum atomic E-state index is -1.19. The maximum Gasteiger partial charge on any atom is 0.212 e. The lowest BCUT2D eigenvalue weighted by molar-refractivity contribution is -0.659. The van der Waals surface area contributed by atoms with Crippen LogP contribution in [0.5, 0.6) is 0 Å². The zero-order chi connectivity index (χ0) is 19.1. The molecule has 1 fully saturated rings. The van der Waals surface area contributed by atoms with E-state index in [2.05, 4.69) is 79.3 Å². The Bertz CT molecular complexity index is 1020. The number of benzene rings is 2. The highest BCUT2D eigenvalue weighted by Gasteiger charge is 2.43. The van der Waals surface area contributed by atoms with Crippen molar-refractivity contribution >= 4 is 13.3 Å². The topological polar surface area (TPSA) is 3.88 Å². The average molecular weight is 385 g/mol. The molecule has 0 bridgehead atoms. The highest BCUT2D eigenvalue weighted by Crippen LogP contribution is 2.38. The van der Waals surface area contributed by atoms with Crippen molar-refractivity contribution in [1.82, 2.24) is 0 Å². The third kappa shape index (κ3) is 2.95. The van der Waals surface area contributed by atoms with Crippen LogP contribution in [0.25, 0.3) is 22.4 Å². The van der Waals surface area contributed by atoms with Crippen LogP contribution in [0.15, 0.2) is 60.8 Å². The number of rotatable bonds is 2. The second-order valence-electron chi connectivity index (χ2n) is 8.95. The van der Waals surface area contributed by atoms with Gasteiger partial charge in [-0.05, 0) is 47.7 Å². The predicted molar refractivity (Wildman–Crippen MR) is 121 cm³/mol. The maximum absolute atomic E-state index is 2.53. The van der Waals surface area contributed by atoms with Crippen LogP contribution in [0.2, 0.25) is 18.1 Å². The van der Waals surface area contributed by atoms with E-state index >= 15 is 0 Å². The molecule has 1 aromatic heterocycles. The Morgan fingerprint density at radius 2 is 1.61 bits per heavy atom. The second kappa shape index (κ2) is 7.00. The number of pyridine rings is 1. The Balaban J connectivity index is 1.60. The summed E-state index contributed by atoms with van der Waals surface area (Å²) in [5.74, 6) is 0. The van der Waals surface area contributed by atoms with Crippen molar-refractivity contribution in [3.8, 4) is 22.4 Å². The minimum Gasteiger partial charge on any atom is -0.201 e. The van der Waals surface area contributed by atoms with E-state index < -0.39 is 8.07 Å². The molecular formula is C26H30NSi+. The number of aromatic nitrogens is 1. The molecule has 1 spiro atoms. The van der Waals surface area contributed by atoms with Crippen LogP contribution < -0.4 is 9.75 Å². The van der Waals surface area contributed by atoms with Gasteiger partial charge in [0.15, 0.2) is 6.20 Å². The van der Waals surface area contributed by atoms with E-state index in [0.717, 1.165) is 0 Å². The SMILES string of the molecule is Cc1ccc(-c2ccccc2)cc1-c1cc2c(c[n+]1C)[Si]1(CCCCC1)CC2. The van der Waals surface area contributed by atoms with E-state index in [1.807, 2.05) is 0 Å². The smallest absolute Gasteiger partial charge is 0.201 e. The molecule has 2 aromatic carbocycles. The Labute approximate surface area is 170 Å². The zero-order valence-corrected chi connectivity index (χ0v) is 18.2. The third-order valence-corrected chi connectivity index (χ3v) is 12.7. The molecule has 0 aliphatic carbocycles. The number of nitrogens with zero attached hydrogens (tertiary/aromatic N) is 1. The maximum atomic E-state index is 2.53. The third-order valence-electron chi connectivity index (χ3n) is 7.24. The molecule has 0 amide bonds. The molecule has 0 saturated carbocycles. The van der Waals surface area contributed by atoms with Crippen LogP contribution in [0.3, 0.4) is 0 Å². The normalized spacial score (nSPS) is 17.6. The van der Waals surface area contributed by atoms with E-state index in [1.54, 1.807) is 10.8 Å². The van der Waals surface area contributed by atoms with Gasteiger partial charge in [0, 0.05) is 16.8 Å². The van der Waals surface area contributed by atoms with Crippen molar-refractivity contribution in [3.63, 3.8) is 0 Å². The molecule has 5 rings (SSSR count). The van der Waals surface area contributed by atoms with Crippen LogP contribution >= 0.6 is 0 Å². The van der Waals surface area contributed by atoms with Gasteiger partial charge < -0.3 is 0 Å². The highest BCUT2D eigenvalue weighted by molar-refractivity contribution is 6.93. The van der Waals surface area contributed by atoms with Crippen molar-refractivity contribution < 1.29 is 4.57 Å². The van der Waals surface area contributed by atoms with Crippen LogP contribution in [0.4, 0.5) is 0 Å². The quantitative estimate of drug-likeness (QED) is 0.403. The molecule has 3 heterocycles. The summed E-state index contributed by atoms with van der Waals surface area (Å²) in [5, 5.41) is 1.79. The molecule has 1 saturated heterocycles. The molecule has 0 unspecified atom stereocenters. The predicted octanol–water partition coefficient (Wildman–Crippen LogP) is 5.55. The standard InChI is InChI=1S/C26H30NSi/c1-20-11-12-22(21-9-5-3-6-10-21)17-24(20)25-18-23-13-16-28(14-7-4-8-15-28)26(23)19-27(25)2/h3,5-6,9-12,17-19H,4,7-8,13-16H2,1-2H3/q+1. The summed E-state index contributed by atoms with van der Waals surface area (Å²) >= 11 is 0. The summed E-state index contributed by atoms with van der Waals surface area (Å²) in [5.41, 5.74) is 8.36. The summed E-state index contributed by atoms with van der Waals surface area (Å²) in [6, 6.07) is 24.7. The molecule has 142 valence electrons. The van der Waals surface area contributed by atoms with Gasteiger partial charge in [-0.25, -0.2) is 4.57 Å². The van der Waals surface area contributed by atoms with Crippen LogP contribution in [-0.2, 0) is 13.5 Å². The Hall–Kier alpha value is -2.19. The summed E-state index contributed by atoms with van der Waals surface area (Å²) in [6.45, 7) is 2.24. The van der Waals surface area contributed by atoms with Crippen LogP contribution in [0.1, 0.15) is 30.4 Å². The first-order valence-electron chi connectivity index (χ1n) is 10.9. The van der Waals surface area contributed by atoms with Crippen molar-refractivity contribution in [1.29, 1.82) is 0 Å². The van der Waals surface area contributed by atoms with Crippen LogP contribution in [-0.4, -0.2) is 8.07 Å². The monoisotopic (exact) mass is 384 g/mol. The van der Waals surface area contributed by atoms with Gasteiger partial charge in [-0.2, -0.15) is 0 Å². The summed E-state index contributed by atoms with van der Waals surface area (Å²) < 4.78 is 2.42. The molecular weight excluding hydrogens is 354 g/mol. The molecule has 2 heteroatoms. The number of fused-ring (bicyclic) bond motifs is 2. The largest absolute Gasteiger partial charge is 0.212 e. The van der Waals surface area contributed by atoms with E-state index in [9.17, 15) is 0 Å². The lowest BCUT2D eigenvalue weighted by atomic mass is 9.97. The Morgan fingerprint density at radius 1 is 0.821 bits per heavy atom. The molecule has 2 aliphatic rings. The van der Waals surface area contributed by atoms with Crippen molar-refractivity contribution in [2.24, 2.45) is 7.05 Å². The van der Waals surface area contributed by atoms with Gasteiger partial charge in [-0.15, -0.1) is 0 Å². The van der Waals surface area contributed by atoms with Gasteiger partial charge in [-0.3, -0.25) is 0 Å². The van der Waals surface area contributed by atoms with Crippen molar-refractivity contribution in [2.75, 3.05) is 0 Å². The highest BCUT2D eigenvalue weighted by atomic mass is 28.3. The average Bonchev–Trinajstić information content (AvgIpc) is 3.06. The first kappa shape index (κ1) is 17.9. The molecule has 0 radical (unpaired) electrons. The fourth-order valence-electron chi connectivity index (χ4n) is 5.61. The number of aryl methyl sites for hydroxylation is 3.